The predicted molar refractivity (Wildman–Crippen MR) is 149 cm³/mol. The monoisotopic (exact) mass is 585 g/mol. The lowest BCUT2D eigenvalue weighted by molar-refractivity contribution is -0.138. The molecule has 5 nitrogen and oxygen atoms in total. The number of nitrogens with zero attached hydrogens (tertiary/aromatic N) is 1. The molecule has 1 unspecified atom stereocenters. The fourth-order valence-electron chi connectivity index (χ4n) is 5.99. The first kappa shape index (κ1) is 29.7. The molecule has 1 fully saturated rings. The summed E-state index contributed by atoms with van der Waals surface area (Å²) in [6.45, 7) is 0.976. The molecule has 1 atom stereocenters. The number of unbranched alkanes of at least 4 members (excludes halogenated alkanes) is 1. The second kappa shape index (κ2) is 12.6. The Kier molecular flexibility index (Phi) is 8.91. The summed E-state index contributed by atoms with van der Waals surface area (Å²) in [6, 6.07) is 15.5. The lowest BCUT2D eigenvalue weighted by atomic mass is 9.89. The van der Waals surface area contributed by atoms with Gasteiger partial charge >= 0.3 is 6.18 Å². The molecule has 0 bridgehead atoms. The molecule has 1 saturated heterocycles. The number of piperidine rings is 1. The maximum Gasteiger partial charge on any atom is 0.405 e. The molecule has 2 aliphatic rings. The Balaban J connectivity index is 1.20. The van der Waals surface area contributed by atoms with E-state index in [1.54, 1.807) is 12.1 Å². The fourth-order valence-corrected chi connectivity index (χ4v) is 5.99. The Morgan fingerprint density at radius 1 is 0.881 bits per heavy atom. The highest BCUT2D eigenvalue weighted by Crippen LogP contribution is 2.47. The molecular formula is C32H32F5N3O2. The highest BCUT2D eigenvalue weighted by atomic mass is 19.4. The van der Waals surface area contributed by atoms with Crippen molar-refractivity contribution in [1.82, 2.24) is 15.5 Å². The van der Waals surface area contributed by atoms with E-state index in [1.165, 1.54) is 24.3 Å². The molecule has 10 heteroatoms. The molecule has 2 amide bonds. The van der Waals surface area contributed by atoms with Gasteiger partial charge in [-0.15, -0.1) is 0 Å². The zero-order chi connectivity index (χ0) is 29.9. The highest BCUT2D eigenvalue weighted by molar-refractivity contribution is 5.97. The first-order chi connectivity index (χ1) is 20.1. The van der Waals surface area contributed by atoms with E-state index in [2.05, 4.69) is 10.2 Å². The average molecular weight is 586 g/mol. The van der Waals surface area contributed by atoms with Crippen molar-refractivity contribution in [2.75, 3.05) is 26.2 Å². The molecule has 1 aliphatic heterocycles. The van der Waals surface area contributed by atoms with Gasteiger partial charge in [0.15, 0.2) is 0 Å². The van der Waals surface area contributed by atoms with Crippen LogP contribution in [0.15, 0.2) is 60.7 Å². The van der Waals surface area contributed by atoms with E-state index in [0.717, 1.165) is 45.0 Å². The Bertz CT molecular complexity index is 1440. The topological polar surface area (TPSA) is 61.4 Å². The zero-order valence-electron chi connectivity index (χ0n) is 22.9. The van der Waals surface area contributed by atoms with Crippen molar-refractivity contribution in [1.29, 1.82) is 0 Å². The molecule has 3 aromatic carbocycles. The van der Waals surface area contributed by atoms with Gasteiger partial charge in [-0.05, 0) is 103 Å². The molecule has 2 N–H and O–H groups in total. The van der Waals surface area contributed by atoms with Gasteiger partial charge in [0.05, 0.1) is 5.92 Å². The van der Waals surface area contributed by atoms with Gasteiger partial charge in [-0.1, -0.05) is 24.3 Å². The SMILES string of the molecule is O=C(NC1CCN(CCCCc2cc(F)cc3c2C(C(=O)NCC(F)(F)F)c2ccc(F)cc2-3)CC1)c1ccccc1. The van der Waals surface area contributed by atoms with E-state index < -0.39 is 36.2 Å². The second-order valence-electron chi connectivity index (χ2n) is 10.9. The zero-order valence-corrected chi connectivity index (χ0v) is 22.9. The first-order valence-corrected chi connectivity index (χ1v) is 14.1. The number of hydrogen-bond acceptors (Lipinski definition) is 3. The smallest absolute Gasteiger partial charge is 0.349 e. The van der Waals surface area contributed by atoms with E-state index in [9.17, 15) is 31.5 Å². The maximum atomic E-state index is 14.7. The van der Waals surface area contributed by atoms with Gasteiger partial charge in [0, 0.05) is 24.7 Å². The number of hydrogen-bond donors (Lipinski definition) is 2. The number of carbonyl (C=O) groups is 2. The van der Waals surface area contributed by atoms with Gasteiger partial charge in [-0.3, -0.25) is 9.59 Å². The number of carbonyl (C=O) groups excluding carboxylic acids is 2. The molecule has 0 aromatic heterocycles. The van der Waals surface area contributed by atoms with Gasteiger partial charge in [0.1, 0.15) is 18.2 Å². The van der Waals surface area contributed by atoms with E-state index in [4.69, 9.17) is 0 Å². The number of rotatable bonds is 9. The molecular weight excluding hydrogens is 553 g/mol. The van der Waals surface area contributed by atoms with Gasteiger partial charge in [0.2, 0.25) is 5.91 Å². The van der Waals surface area contributed by atoms with Crippen molar-refractivity contribution in [2.24, 2.45) is 0 Å². The minimum Gasteiger partial charge on any atom is -0.349 e. The molecule has 3 aromatic rings. The van der Waals surface area contributed by atoms with Crippen LogP contribution >= 0.6 is 0 Å². The lowest BCUT2D eigenvalue weighted by Crippen LogP contribution is -2.44. The normalized spacial score (nSPS) is 17.0. The van der Waals surface area contributed by atoms with Crippen LogP contribution < -0.4 is 10.6 Å². The van der Waals surface area contributed by atoms with Crippen LogP contribution in [0.5, 0.6) is 0 Å². The summed E-state index contributed by atoms with van der Waals surface area (Å²) in [5.41, 5.74) is 2.63. The number of aryl methyl sites for hydroxylation is 1. The lowest BCUT2D eigenvalue weighted by Gasteiger charge is -2.32. The minimum absolute atomic E-state index is 0.0769. The van der Waals surface area contributed by atoms with Crippen LogP contribution in [-0.4, -0.2) is 55.1 Å². The third-order valence-electron chi connectivity index (χ3n) is 7.99. The van der Waals surface area contributed by atoms with Crippen molar-refractivity contribution in [3.63, 3.8) is 0 Å². The predicted octanol–water partition coefficient (Wildman–Crippen LogP) is 5.97. The van der Waals surface area contributed by atoms with Crippen LogP contribution in [0.2, 0.25) is 0 Å². The molecule has 0 radical (unpaired) electrons. The van der Waals surface area contributed by atoms with Gasteiger partial charge in [0.25, 0.3) is 5.91 Å². The van der Waals surface area contributed by atoms with Gasteiger partial charge < -0.3 is 15.5 Å². The number of halogens is 5. The highest BCUT2D eigenvalue weighted by Gasteiger charge is 2.38. The largest absolute Gasteiger partial charge is 0.405 e. The van der Waals surface area contributed by atoms with Crippen molar-refractivity contribution < 1.29 is 31.5 Å². The summed E-state index contributed by atoms with van der Waals surface area (Å²) < 4.78 is 67.4. The summed E-state index contributed by atoms with van der Waals surface area (Å²) in [5, 5.41) is 5.05. The standard InChI is InChI=1S/C32H32F5N3O2/c33-22-9-10-25-26(17-22)27-18-23(34)16-21(28(27)29(25)31(42)38-19-32(35,36)37)8-4-5-13-40-14-11-24(12-15-40)39-30(41)20-6-2-1-3-7-20/h1-3,6-7,9-10,16-18,24,29H,4-5,8,11-15,19H2,(H,38,42)(H,39,41). The van der Waals surface area contributed by atoms with Crippen molar-refractivity contribution in [3.05, 3.63) is 94.6 Å². The molecule has 0 saturated carbocycles. The van der Waals surface area contributed by atoms with Gasteiger partial charge in [-0.25, -0.2) is 8.78 Å². The third-order valence-corrected chi connectivity index (χ3v) is 7.99. The Labute approximate surface area is 241 Å². The van der Waals surface area contributed by atoms with Crippen LogP contribution in [-0.2, 0) is 11.2 Å². The minimum atomic E-state index is -4.59. The summed E-state index contributed by atoms with van der Waals surface area (Å²) in [7, 11) is 0. The van der Waals surface area contributed by atoms with Crippen molar-refractivity contribution in [3.8, 4) is 11.1 Å². The summed E-state index contributed by atoms with van der Waals surface area (Å²) in [4.78, 5) is 27.8. The molecule has 1 aliphatic carbocycles. The molecule has 5 rings (SSSR count). The van der Waals surface area contributed by atoms with Crippen LogP contribution in [0, 0.1) is 11.6 Å². The summed E-state index contributed by atoms with van der Waals surface area (Å²) >= 11 is 0. The van der Waals surface area contributed by atoms with Crippen molar-refractivity contribution >= 4 is 11.8 Å². The second-order valence-corrected chi connectivity index (χ2v) is 10.9. The Morgan fingerprint density at radius 2 is 1.60 bits per heavy atom. The number of likely N-dealkylation sites (tertiary alicyclic amines) is 1. The fraction of sp³-hybridized carbons (Fsp3) is 0.375. The maximum absolute atomic E-state index is 14.7. The number of amides is 2. The number of alkyl halides is 3. The van der Waals surface area contributed by atoms with Gasteiger partial charge in [-0.2, -0.15) is 13.2 Å². The Hall–Kier alpha value is -3.79. The third kappa shape index (κ3) is 6.98. The van der Waals surface area contributed by atoms with Crippen molar-refractivity contribution in [2.45, 2.75) is 50.2 Å². The molecule has 0 spiro atoms. The number of benzene rings is 3. The molecule has 222 valence electrons. The van der Waals surface area contributed by atoms with Crippen LogP contribution in [0.3, 0.4) is 0 Å². The van der Waals surface area contributed by atoms with E-state index >= 15 is 0 Å². The van der Waals surface area contributed by atoms with Crippen LogP contribution in [0.1, 0.15) is 58.6 Å². The van der Waals surface area contributed by atoms with E-state index in [-0.39, 0.29) is 11.9 Å². The average Bonchev–Trinajstić information content (AvgIpc) is 3.28. The number of nitrogens with one attached hydrogen (secondary N) is 2. The molecule has 1 heterocycles. The van der Waals surface area contributed by atoms with Crippen LogP contribution in [0.4, 0.5) is 22.0 Å². The molecule has 42 heavy (non-hydrogen) atoms. The van der Waals surface area contributed by atoms with E-state index in [0.29, 0.717) is 46.2 Å². The summed E-state index contributed by atoms with van der Waals surface area (Å²) in [5.74, 6) is -3.14. The van der Waals surface area contributed by atoms with Crippen LogP contribution in [0.25, 0.3) is 11.1 Å². The quantitative estimate of drug-likeness (QED) is 0.240. The first-order valence-electron chi connectivity index (χ1n) is 14.1. The number of fused-ring (bicyclic) bond motifs is 3. The summed E-state index contributed by atoms with van der Waals surface area (Å²) in [6.07, 6.45) is -1.04. The van der Waals surface area contributed by atoms with E-state index in [1.807, 2.05) is 23.5 Å². The Morgan fingerprint density at radius 3 is 2.31 bits per heavy atom.